The van der Waals surface area contributed by atoms with Crippen LogP contribution < -0.4 is 19.7 Å². The fraction of sp³-hybridized carbons (Fsp3) is 0.321. The third-order valence-electron chi connectivity index (χ3n) is 6.41. The lowest BCUT2D eigenvalue weighted by atomic mass is 10.1. The van der Waals surface area contributed by atoms with Gasteiger partial charge in [0.2, 0.25) is 0 Å². The van der Waals surface area contributed by atoms with E-state index in [1.54, 1.807) is 14.2 Å². The minimum atomic E-state index is -4.49. The van der Waals surface area contributed by atoms with E-state index in [1.807, 2.05) is 42.5 Å². The maximum absolute atomic E-state index is 12.9. The Kier molecular flexibility index (Phi) is 8.23. The number of alkyl halides is 3. The fourth-order valence-electron chi connectivity index (χ4n) is 4.39. The van der Waals surface area contributed by atoms with Crippen LogP contribution in [0.2, 0.25) is 0 Å². The highest BCUT2D eigenvalue weighted by Gasteiger charge is 2.30. The summed E-state index contributed by atoms with van der Waals surface area (Å²) in [5.41, 5.74) is 2.23. The minimum absolute atomic E-state index is 0.0171. The lowest BCUT2D eigenvalue weighted by molar-refractivity contribution is -0.137. The number of nitrogens with zero attached hydrogens (tertiary/aromatic N) is 2. The molecule has 1 saturated heterocycles. The van der Waals surface area contributed by atoms with Gasteiger partial charge in [-0.3, -0.25) is 9.69 Å². The van der Waals surface area contributed by atoms with Crippen LogP contribution in [-0.2, 0) is 19.3 Å². The maximum Gasteiger partial charge on any atom is 0.416 e. The van der Waals surface area contributed by atoms with Crippen LogP contribution in [0.25, 0.3) is 0 Å². The zero-order chi connectivity index (χ0) is 26.4. The van der Waals surface area contributed by atoms with E-state index in [1.165, 1.54) is 12.1 Å². The molecule has 3 aromatic carbocycles. The Morgan fingerprint density at radius 1 is 0.865 bits per heavy atom. The van der Waals surface area contributed by atoms with Crippen molar-refractivity contribution >= 4 is 11.6 Å². The summed E-state index contributed by atoms with van der Waals surface area (Å²) in [6.45, 7) is 4.54. The Labute approximate surface area is 214 Å². The number of amides is 1. The summed E-state index contributed by atoms with van der Waals surface area (Å²) >= 11 is 0. The van der Waals surface area contributed by atoms with Gasteiger partial charge in [-0.2, -0.15) is 13.2 Å². The van der Waals surface area contributed by atoms with Gasteiger partial charge in [-0.1, -0.05) is 24.3 Å². The summed E-state index contributed by atoms with van der Waals surface area (Å²) < 4.78 is 49.6. The fourth-order valence-corrected chi connectivity index (χ4v) is 4.39. The van der Waals surface area contributed by atoms with Gasteiger partial charge in [0.05, 0.1) is 19.8 Å². The molecule has 9 heteroatoms. The van der Waals surface area contributed by atoms with Crippen molar-refractivity contribution < 1.29 is 27.4 Å². The first-order chi connectivity index (χ1) is 17.8. The summed E-state index contributed by atoms with van der Waals surface area (Å²) in [4.78, 5) is 17.1. The monoisotopic (exact) mass is 513 g/mol. The van der Waals surface area contributed by atoms with Crippen molar-refractivity contribution in [2.45, 2.75) is 19.3 Å². The van der Waals surface area contributed by atoms with E-state index in [2.05, 4.69) is 15.1 Å². The third kappa shape index (κ3) is 6.74. The highest BCUT2D eigenvalue weighted by atomic mass is 19.4. The molecule has 6 nitrogen and oxygen atoms in total. The molecule has 1 N–H and O–H groups in total. The number of hydrogen-bond acceptors (Lipinski definition) is 5. The second kappa shape index (κ2) is 11.6. The SMILES string of the molecule is COc1ccc(CN2CCN(c3cccc(CNC(=O)c4cccc(C(F)(F)F)c4)c3)CC2)cc1OC. The smallest absolute Gasteiger partial charge is 0.416 e. The largest absolute Gasteiger partial charge is 0.493 e. The van der Waals surface area contributed by atoms with Crippen LogP contribution in [0.1, 0.15) is 27.0 Å². The van der Waals surface area contributed by atoms with E-state index in [0.29, 0.717) is 5.75 Å². The van der Waals surface area contributed by atoms with Crippen LogP contribution in [0.5, 0.6) is 11.5 Å². The van der Waals surface area contributed by atoms with E-state index in [9.17, 15) is 18.0 Å². The number of carbonyl (C=O) groups excluding carboxylic acids is 1. The summed E-state index contributed by atoms with van der Waals surface area (Å²) in [6.07, 6.45) is -4.49. The van der Waals surface area contributed by atoms with E-state index in [0.717, 1.165) is 67.4 Å². The van der Waals surface area contributed by atoms with Crippen LogP contribution in [0.15, 0.2) is 66.7 Å². The molecule has 0 bridgehead atoms. The standard InChI is InChI=1S/C28H30F3N3O3/c1-36-25-10-9-21(16-26(25)37-2)19-33-11-13-34(14-12-33)24-8-3-5-20(15-24)18-32-27(35)22-6-4-7-23(17-22)28(29,30)31/h3-10,15-17H,11-14,18-19H2,1-2H3,(H,32,35). The molecule has 1 aliphatic heterocycles. The zero-order valence-corrected chi connectivity index (χ0v) is 20.8. The number of rotatable bonds is 8. The molecule has 0 spiro atoms. The number of benzene rings is 3. The molecule has 0 aliphatic carbocycles. The van der Waals surface area contributed by atoms with Gasteiger partial charge in [-0.15, -0.1) is 0 Å². The number of halogens is 3. The summed E-state index contributed by atoms with van der Waals surface area (Å²) in [6, 6.07) is 18.3. The quantitative estimate of drug-likeness (QED) is 0.461. The predicted molar refractivity (Wildman–Crippen MR) is 136 cm³/mol. The molecule has 1 aliphatic rings. The van der Waals surface area contributed by atoms with Crippen molar-refractivity contribution in [3.8, 4) is 11.5 Å². The normalized spacial score (nSPS) is 14.4. The van der Waals surface area contributed by atoms with Crippen LogP contribution >= 0.6 is 0 Å². The van der Waals surface area contributed by atoms with Gasteiger partial charge in [-0.05, 0) is 53.6 Å². The second-order valence-electron chi connectivity index (χ2n) is 8.88. The van der Waals surface area contributed by atoms with Crippen LogP contribution in [-0.4, -0.2) is 51.2 Å². The average Bonchev–Trinajstić information content (AvgIpc) is 2.92. The molecule has 0 atom stereocenters. The van der Waals surface area contributed by atoms with Crippen molar-refractivity contribution in [2.24, 2.45) is 0 Å². The third-order valence-corrected chi connectivity index (χ3v) is 6.41. The Balaban J connectivity index is 1.31. The molecule has 0 radical (unpaired) electrons. The number of nitrogens with one attached hydrogen (secondary N) is 1. The van der Waals surface area contributed by atoms with Gasteiger partial charge < -0.3 is 19.7 Å². The lowest BCUT2D eigenvalue weighted by Crippen LogP contribution is -2.46. The Morgan fingerprint density at radius 2 is 1.59 bits per heavy atom. The Hall–Kier alpha value is -3.72. The van der Waals surface area contributed by atoms with Crippen LogP contribution in [0.4, 0.5) is 18.9 Å². The van der Waals surface area contributed by atoms with E-state index in [4.69, 9.17) is 9.47 Å². The van der Waals surface area contributed by atoms with Gasteiger partial charge in [0, 0.05) is 50.5 Å². The molecule has 1 amide bonds. The summed E-state index contributed by atoms with van der Waals surface area (Å²) in [7, 11) is 3.25. The topological polar surface area (TPSA) is 54.0 Å². The molecule has 1 fully saturated rings. The van der Waals surface area contributed by atoms with E-state index in [-0.39, 0.29) is 12.1 Å². The second-order valence-corrected chi connectivity index (χ2v) is 8.88. The zero-order valence-electron chi connectivity index (χ0n) is 20.8. The van der Waals surface area contributed by atoms with E-state index < -0.39 is 17.6 Å². The van der Waals surface area contributed by atoms with Crippen LogP contribution in [0, 0.1) is 0 Å². The van der Waals surface area contributed by atoms with Crippen LogP contribution in [0.3, 0.4) is 0 Å². The molecule has 0 unspecified atom stereocenters. The number of methoxy groups -OCH3 is 2. The molecular weight excluding hydrogens is 483 g/mol. The molecule has 0 saturated carbocycles. The highest BCUT2D eigenvalue weighted by Crippen LogP contribution is 2.30. The average molecular weight is 514 g/mol. The summed E-state index contributed by atoms with van der Waals surface area (Å²) in [5, 5.41) is 2.72. The Bertz CT molecular complexity index is 1220. The molecule has 196 valence electrons. The van der Waals surface area contributed by atoms with Crippen molar-refractivity contribution in [1.29, 1.82) is 0 Å². The van der Waals surface area contributed by atoms with Gasteiger partial charge in [0.15, 0.2) is 11.5 Å². The molecule has 3 aromatic rings. The number of hydrogen-bond donors (Lipinski definition) is 1. The van der Waals surface area contributed by atoms with E-state index >= 15 is 0 Å². The van der Waals surface area contributed by atoms with Gasteiger partial charge >= 0.3 is 6.18 Å². The van der Waals surface area contributed by atoms with Gasteiger partial charge in [0.1, 0.15) is 0 Å². The minimum Gasteiger partial charge on any atom is -0.493 e. The van der Waals surface area contributed by atoms with Crippen molar-refractivity contribution in [2.75, 3.05) is 45.3 Å². The number of piperazine rings is 1. The first kappa shape index (κ1) is 26.3. The Morgan fingerprint density at radius 3 is 2.30 bits per heavy atom. The molecule has 4 rings (SSSR count). The first-order valence-corrected chi connectivity index (χ1v) is 12.0. The molecule has 37 heavy (non-hydrogen) atoms. The number of ether oxygens (including phenoxy) is 2. The van der Waals surface area contributed by atoms with Crippen molar-refractivity contribution in [3.63, 3.8) is 0 Å². The summed E-state index contributed by atoms with van der Waals surface area (Å²) in [5.74, 6) is 0.887. The number of carbonyl (C=O) groups is 1. The van der Waals surface area contributed by atoms with Gasteiger partial charge in [-0.25, -0.2) is 0 Å². The lowest BCUT2D eigenvalue weighted by Gasteiger charge is -2.36. The molecule has 0 aromatic heterocycles. The molecular formula is C28H30F3N3O3. The highest BCUT2D eigenvalue weighted by molar-refractivity contribution is 5.94. The molecule has 1 heterocycles. The predicted octanol–water partition coefficient (Wildman–Crippen LogP) is 4.97. The maximum atomic E-state index is 12.9. The van der Waals surface area contributed by atoms with Crippen molar-refractivity contribution in [1.82, 2.24) is 10.2 Å². The van der Waals surface area contributed by atoms with Gasteiger partial charge in [0.25, 0.3) is 5.91 Å². The number of anilines is 1. The van der Waals surface area contributed by atoms with Crippen molar-refractivity contribution in [3.05, 3.63) is 89.0 Å². The first-order valence-electron chi connectivity index (χ1n) is 12.0.